The van der Waals surface area contributed by atoms with Crippen molar-refractivity contribution in [1.29, 1.82) is 0 Å². The third-order valence-electron chi connectivity index (χ3n) is 6.52. The van der Waals surface area contributed by atoms with Crippen LogP contribution in [-0.2, 0) is 0 Å². The van der Waals surface area contributed by atoms with Crippen LogP contribution in [0.2, 0.25) is 0 Å². The molecule has 0 spiro atoms. The number of nitrogens with zero attached hydrogens (tertiary/aromatic N) is 3. The van der Waals surface area contributed by atoms with Gasteiger partial charge in [-0.05, 0) is 63.5 Å². The SMILES string of the molecule is COc1ccc([C@H]2Oc3ccccc3C3=C2[C@H](c2ccc(OC)c(OC)c2)n2ncnc2N3)cc1Br. The van der Waals surface area contributed by atoms with Gasteiger partial charge in [0.2, 0.25) is 5.95 Å². The summed E-state index contributed by atoms with van der Waals surface area (Å²) in [5.74, 6) is 3.49. The van der Waals surface area contributed by atoms with Crippen LogP contribution in [0, 0.1) is 0 Å². The summed E-state index contributed by atoms with van der Waals surface area (Å²) in [5, 5.41) is 8.10. The van der Waals surface area contributed by atoms with Crippen LogP contribution < -0.4 is 24.3 Å². The van der Waals surface area contributed by atoms with Crippen LogP contribution in [-0.4, -0.2) is 36.1 Å². The third kappa shape index (κ3) is 3.50. The van der Waals surface area contributed by atoms with Crippen LogP contribution in [0.3, 0.4) is 0 Å². The van der Waals surface area contributed by atoms with Gasteiger partial charge in [0.15, 0.2) is 11.5 Å². The first kappa shape index (κ1) is 22.5. The molecule has 0 fully saturated rings. The number of halogens is 1. The lowest BCUT2D eigenvalue weighted by Gasteiger charge is -2.39. The molecular formula is C27H23BrN4O4. The summed E-state index contributed by atoms with van der Waals surface area (Å²) in [6, 6.07) is 19.6. The Morgan fingerprint density at radius 3 is 2.42 bits per heavy atom. The van der Waals surface area contributed by atoms with Crippen molar-refractivity contribution in [2.75, 3.05) is 26.6 Å². The highest BCUT2D eigenvalue weighted by Gasteiger charge is 2.41. The Hall–Kier alpha value is -3.98. The molecule has 1 aromatic heterocycles. The molecule has 6 rings (SSSR count). The Labute approximate surface area is 216 Å². The van der Waals surface area contributed by atoms with Crippen molar-refractivity contribution >= 4 is 27.6 Å². The minimum atomic E-state index is -0.403. The van der Waals surface area contributed by atoms with E-state index in [2.05, 4.69) is 37.4 Å². The fourth-order valence-corrected chi connectivity index (χ4v) is 5.44. The van der Waals surface area contributed by atoms with Crippen LogP contribution in [0.1, 0.15) is 28.8 Å². The molecular weight excluding hydrogens is 524 g/mol. The van der Waals surface area contributed by atoms with Gasteiger partial charge in [0.25, 0.3) is 0 Å². The molecule has 3 aromatic carbocycles. The molecule has 0 saturated heterocycles. The molecule has 2 atom stereocenters. The summed E-state index contributed by atoms with van der Waals surface area (Å²) in [7, 11) is 4.91. The second-order valence-electron chi connectivity index (χ2n) is 8.39. The van der Waals surface area contributed by atoms with Crippen molar-refractivity contribution < 1.29 is 18.9 Å². The minimum Gasteiger partial charge on any atom is -0.496 e. The smallest absolute Gasteiger partial charge is 0.226 e. The van der Waals surface area contributed by atoms with Crippen LogP contribution >= 0.6 is 15.9 Å². The summed E-state index contributed by atoms with van der Waals surface area (Å²) >= 11 is 3.64. The highest BCUT2D eigenvalue weighted by Crippen LogP contribution is 2.51. The molecule has 0 saturated carbocycles. The van der Waals surface area contributed by atoms with Crippen molar-refractivity contribution in [2.24, 2.45) is 0 Å². The molecule has 182 valence electrons. The second-order valence-corrected chi connectivity index (χ2v) is 9.24. The molecule has 1 N–H and O–H groups in total. The molecule has 2 aliphatic rings. The summed E-state index contributed by atoms with van der Waals surface area (Å²) in [6.07, 6.45) is 1.15. The maximum absolute atomic E-state index is 6.68. The Balaban J connectivity index is 1.60. The number of methoxy groups -OCH3 is 3. The maximum Gasteiger partial charge on any atom is 0.226 e. The van der Waals surface area contributed by atoms with Gasteiger partial charge in [-0.15, -0.1) is 0 Å². The van der Waals surface area contributed by atoms with Crippen molar-refractivity contribution in [2.45, 2.75) is 12.1 Å². The predicted molar refractivity (Wildman–Crippen MR) is 139 cm³/mol. The molecule has 0 unspecified atom stereocenters. The quantitative estimate of drug-likeness (QED) is 0.347. The van der Waals surface area contributed by atoms with Gasteiger partial charge in [0, 0.05) is 11.1 Å². The molecule has 0 bridgehead atoms. The van der Waals surface area contributed by atoms with Gasteiger partial charge in [-0.3, -0.25) is 0 Å². The van der Waals surface area contributed by atoms with E-state index in [9.17, 15) is 0 Å². The van der Waals surface area contributed by atoms with Crippen molar-refractivity contribution in [3.63, 3.8) is 0 Å². The molecule has 2 aliphatic heterocycles. The van der Waals surface area contributed by atoms with Crippen molar-refractivity contribution in [1.82, 2.24) is 14.8 Å². The molecule has 0 aliphatic carbocycles. The van der Waals surface area contributed by atoms with E-state index in [1.807, 2.05) is 59.3 Å². The molecule has 0 radical (unpaired) electrons. The van der Waals surface area contributed by atoms with E-state index in [-0.39, 0.29) is 6.04 Å². The normalized spacial score (nSPS) is 17.8. The van der Waals surface area contributed by atoms with Gasteiger partial charge in [-0.1, -0.05) is 24.3 Å². The van der Waals surface area contributed by atoms with E-state index in [4.69, 9.17) is 18.9 Å². The minimum absolute atomic E-state index is 0.308. The first-order chi connectivity index (χ1) is 17.6. The fourth-order valence-electron chi connectivity index (χ4n) is 4.88. The van der Waals surface area contributed by atoms with E-state index in [0.29, 0.717) is 17.4 Å². The summed E-state index contributed by atoms with van der Waals surface area (Å²) < 4.78 is 26.0. The molecule has 4 aromatic rings. The predicted octanol–water partition coefficient (Wildman–Crippen LogP) is 5.63. The lowest BCUT2D eigenvalue weighted by molar-refractivity contribution is 0.222. The number of hydrogen-bond acceptors (Lipinski definition) is 7. The van der Waals surface area contributed by atoms with E-state index in [0.717, 1.165) is 43.9 Å². The molecule has 0 amide bonds. The first-order valence-corrected chi connectivity index (χ1v) is 12.1. The largest absolute Gasteiger partial charge is 0.496 e. The number of nitrogens with one attached hydrogen (secondary N) is 1. The number of rotatable bonds is 5. The fraction of sp³-hybridized carbons (Fsp3) is 0.185. The average molecular weight is 547 g/mol. The molecule has 3 heterocycles. The van der Waals surface area contributed by atoms with Crippen LogP contribution in [0.15, 0.2) is 77.0 Å². The van der Waals surface area contributed by atoms with E-state index in [1.54, 1.807) is 27.7 Å². The first-order valence-electron chi connectivity index (χ1n) is 11.3. The zero-order valence-corrected chi connectivity index (χ0v) is 21.4. The maximum atomic E-state index is 6.68. The average Bonchev–Trinajstić information content (AvgIpc) is 3.39. The van der Waals surface area contributed by atoms with Crippen molar-refractivity contribution in [3.05, 3.63) is 93.7 Å². The van der Waals surface area contributed by atoms with Crippen molar-refractivity contribution in [3.8, 4) is 23.0 Å². The summed E-state index contributed by atoms with van der Waals surface area (Å²) in [4.78, 5) is 4.49. The number of hydrogen-bond donors (Lipinski definition) is 1. The van der Waals surface area contributed by atoms with Crippen LogP contribution in [0.25, 0.3) is 5.70 Å². The number of anilines is 1. The highest BCUT2D eigenvalue weighted by atomic mass is 79.9. The highest BCUT2D eigenvalue weighted by molar-refractivity contribution is 9.10. The topological polar surface area (TPSA) is 79.7 Å². The van der Waals surface area contributed by atoms with Crippen LogP contribution in [0.4, 0.5) is 5.95 Å². The summed E-state index contributed by atoms with van der Waals surface area (Å²) in [5.41, 5.74) is 4.87. The van der Waals surface area contributed by atoms with Gasteiger partial charge in [0.1, 0.15) is 30.0 Å². The van der Waals surface area contributed by atoms with Gasteiger partial charge in [-0.2, -0.15) is 10.1 Å². The Bertz CT molecular complexity index is 1500. The lowest BCUT2D eigenvalue weighted by atomic mass is 9.84. The number of fused-ring (bicyclic) bond motifs is 3. The Kier molecular flexibility index (Phi) is 5.56. The van der Waals surface area contributed by atoms with Crippen LogP contribution in [0.5, 0.6) is 23.0 Å². The van der Waals surface area contributed by atoms with Gasteiger partial charge in [-0.25, -0.2) is 4.68 Å². The zero-order valence-electron chi connectivity index (χ0n) is 19.9. The lowest BCUT2D eigenvalue weighted by Crippen LogP contribution is -2.32. The summed E-state index contributed by atoms with van der Waals surface area (Å²) in [6.45, 7) is 0. The molecule has 36 heavy (non-hydrogen) atoms. The third-order valence-corrected chi connectivity index (χ3v) is 7.14. The number of aromatic nitrogens is 3. The second kappa shape index (κ2) is 8.91. The van der Waals surface area contributed by atoms with E-state index < -0.39 is 6.10 Å². The Morgan fingerprint density at radius 2 is 1.64 bits per heavy atom. The molecule has 8 nitrogen and oxygen atoms in total. The standard InChI is InChI=1S/C27H23BrN4O4/c1-33-20-10-9-16(12-18(20)28)26-23-24(17-6-4-5-7-19(17)36-26)31-27-29-14-30-32(27)25(23)15-8-11-21(34-2)22(13-15)35-3/h4-14,25-26H,1-3H3,(H,29,30,31)/t25-,26+/m0/s1. The van der Waals surface area contributed by atoms with Gasteiger partial charge in [0.05, 0.1) is 31.5 Å². The number of ether oxygens (including phenoxy) is 4. The number of benzene rings is 3. The van der Waals surface area contributed by atoms with E-state index >= 15 is 0 Å². The Morgan fingerprint density at radius 1 is 0.889 bits per heavy atom. The van der Waals surface area contributed by atoms with Gasteiger partial charge >= 0.3 is 0 Å². The zero-order chi connectivity index (χ0) is 24.8. The molecule has 9 heteroatoms. The monoisotopic (exact) mass is 546 g/mol. The van der Waals surface area contributed by atoms with E-state index in [1.165, 1.54) is 0 Å². The number of para-hydroxylation sites is 1. The van der Waals surface area contributed by atoms with Gasteiger partial charge < -0.3 is 24.3 Å².